The minimum atomic E-state index is -3.68. The van der Waals surface area contributed by atoms with Gasteiger partial charge in [-0.25, -0.2) is 13.1 Å². The van der Waals surface area contributed by atoms with Gasteiger partial charge in [0.05, 0.1) is 11.6 Å². The molecule has 0 unspecified atom stereocenters. The topological polar surface area (TPSA) is 66.4 Å². The number of sulfonamides is 1. The minimum Gasteiger partial charge on any atom is -0.392 e. The maximum Gasteiger partial charge on any atom is 0.242 e. The maximum atomic E-state index is 12.3. The molecule has 1 rings (SSSR count). The summed E-state index contributed by atoms with van der Waals surface area (Å²) in [6.45, 7) is 8.21. The summed E-state index contributed by atoms with van der Waals surface area (Å²) in [4.78, 5) is 0.00488. The van der Waals surface area contributed by atoms with E-state index in [1.54, 1.807) is 6.07 Å². The third-order valence-electron chi connectivity index (χ3n) is 3.75. The van der Waals surface area contributed by atoms with Crippen LogP contribution in [0.4, 0.5) is 0 Å². The van der Waals surface area contributed by atoms with Crippen molar-refractivity contribution in [3.63, 3.8) is 0 Å². The van der Waals surface area contributed by atoms with Crippen LogP contribution in [0, 0.1) is 11.3 Å². The number of aliphatic hydroxyl groups excluding tert-OH is 1. The van der Waals surface area contributed by atoms with Crippen LogP contribution in [0.5, 0.6) is 0 Å². The second kappa shape index (κ2) is 6.43. The Morgan fingerprint density at radius 3 is 2.45 bits per heavy atom. The Balaban J connectivity index is 3.00. The fraction of sp³-hybridized carbons (Fsp3) is 0.571. The summed E-state index contributed by atoms with van der Waals surface area (Å²) >= 11 is 5.95. The van der Waals surface area contributed by atoms with Gasteiger partial charge in [-0.15, -0.1) is 0 Å². The standard InChI is InChI=1S/C14H22ClNO3S/c1-10(2)14(3,4)9-16-20(18,19)13-7-11(8-17)5-6-12(13)15/h5-7,10,16-17H,8-9H2,1-4H3. The molecule has 4 nitrogen and oxygen atoms in total. The van der Waals surface area contributed by atoms with Crippen LogP contribution in [-0.4, -0.2) is 20.1 Å². The Morgan fingerprint density at radius 1 is 1.35 bits per heavy atom. The Bertz CT molecular complexity index is 568. The molecule has 0 saturated heterocycles. The highest BCUT2D eigenvalue weighted by molar-refractivity contribution is 7.89. The van der Waals surface area contributed by atoms with Crippen molar-refractivity contribution >= 4 is 21.6 Å². The molecule has 0 amide bonds. The summed E-state index contributed by atoms with van der Waals surface area (Å²) in [6, 6.07) is 4.47. The van der Waals surface area contributed by atoms with Crippen molar-refractivity contribution in [1.82, 2.24) is 4.72 Å². The molecule has 0 aliphatic carbocycles. The van der Waals surface area contributed by atoms with Crippen molar-refractivity contribution in [2.75, 3.05) is 6.54 Å². The molecule has 2 N–H and O–H groups in total. The molecule has 6 heteroatoms. The number of rotatable bonds is 6. The Morgan fingerprint density at radius 2 is 1.95 bits per heavy atom. The molecule has 1 aromatic rings. The summed E-state index contributed by atoms with van der Waals surface area (Å²) in [5.41, 5.74) is 0.353. The zero-order valence-electron chi connectivity index (χ0n) is 12.3. The van der Waals surface area contributed by atoms with Gasteiger partial charge in [0.1, 0.15) is 4.90 Å². The van der Waals surface area contributed by atoms with Crippen LogP contribution in [-0.2, 0) is 16.6 Å². The van der Waals surface area contributed by atoms with E-state index in [1.165, 1.54) is 12.1 Å². The normalized spacial score (nSPS) is 12.9. The second-order valence-corrected chi connectivity index (χ2v) is 8.03. The van der Waals surface area contributed by atoms with Crippen LogP contribution in [0.2, 0.25) is 5.02 Å². The van der Waals surface area contributed by atoms with E-state index in [0.717, 1.165) is 0 Å². The van der Waals surface area contributed by atoms with Gasteiger partial charge in [-0.2, -0.15) is 0 Å². The van der Waals surface area contributed by atoms with Gasteiger partial charge in [-0.3, -0.25) is 0 Å². The van der Waals surface area contributed by atoms with Gasteiger partial charge in [-0.05, 0) is 29.0 Å². The predicted octanol–water partition coefficient (Wildman–Crippen LogP) is 2.79. The molecule has 0 aliphatic rings. The van der Waals surface area contributed by atoms with Crippen molar-refractivity contribution in [2.24, 2.45) is 11.3 Å². The van der Waals surface area contributed by atoms with E-state index < -0.39 is 10.0 Å². The predicted molar refractivity (Wildman–Crippen MR) is 81.2 cm³/mol. The largest absolute Gasteiger partial charge is 0.392 e. The molecule has 0 saturated carbocycles. The highest BCUT2D eigenvalue weighted by atomic mass is 35.5. The zero-order chi connectivity index (χ0) is 15.6. The first-order valence-electron chi connectivity index (χ1n) is 6.49. The number of hydrogen-bond donors (Lipinski definition) is 2. The van der Waals surface area contributed by atoms with E-state index >= 15 is 0 Å². The molecule has 0 bridgehead atoms. The molecular formula is C14H22ClNO3S. The highest BCUT2D eigenvalue weighted by Crippen LogP contribution is 2.27. The summed E-state index contributed by atoms with van der Waals surface area (Å²) in [5.74, 6) is 0.337. The van der Waals surface area contributed by atoms with E-state index in [-0.39, 0.29) is 21.9 Å². The quantitative estimate of drug-likeness (QED) is 0.847. The molecule has 0 aromatic heterocycles. The Kier molecular flexibility index (Phi) is 5.61. The molecule has 0 heterocycles. The van der Waals surface area contributed by atoms with Gasteiger partial charge >= 0.3 is 0 Å². The summed E-state index contributed by atoms with van der Waals surface area (Å²) in [5, 5.41) is 9.24. The second-order valence-electron chi connectivity index (χ2n) is 5.89. The van der Waals surface area contributed by atoms with E-state index in [1.807, 2.05) is 27.7 Å². The van der Waals surface area contributed by atoms with E-state index in [4.69, 9.17) is 16.7 Å². The molecule has 114 valence electrons. The first-order chi connectivity index (χ1) is 9.10. The average Bonchev–Trinajstić information content (AvgIpc) is 2.37. The molecule has 20 heavy (non-hydrogen) atoms. The fourth-order valence-electron chi connectivity index (χ4n) is 1.41. The SMILES string of the molecule is CC(C)C(C)(C)CNS(=O)(=O)c1cc(CO)ccc1Cl. The lowest BCUT2D eigenvalue weighted by Crippen LogP contribution is -2.37. The van der Waals surface area contributed by atoms with Crippen LogP contribution < -0.4 is 4.72 Å². The van der Waals surface area contributed by atoms with E-state index in [9.17, 15) is 8.42 Å². The third kappa shape index (κ3) is 4.19. The molecule has 0 fully saturated rings. The monoisotopic (exact) mass is 319 g/mol. The van der Waals surface area contributed by atoms with E-state index in [2.05, 4.69) is 4.72 Å². The lowest BCUT2D eigenvalue weighted by atomic mass is 9.81. The smallest absolute Gasteiger partial charge is 0.242 e. The van der Waals surface area contributed by atoms with Gasteiger partial charge in [0.25, 0.3) is 0 Å². The molecule has 0 radical (unpaired) electrons. The van der Waals surface area contributed by atoms with Crippen LogP contribution in [0.15, 0.2) is 23.1 Å². The van der Waals surface area contributed by atoms with Crippen molar-refractivity contribution < 1.29 is 13.5 Å². The molecule has 1 aromatic carbocycles. The molecule has 0 aliphatic heterocycles. The maximum absolute atomic E-state index is 12.3. The highest BCUT2D eigenvalue weighted by Gasteiger charge is 2.26. The van der Waals surface area contributed by atoms with Gasteiger partial charge in [-0.1, -0.05) is 45.4 Å². The van der Waals surface area contributed by atoms with Crippen LogP contribution >= 0.6 is 11.6 Å². The van der Waals surface area contributed by atoms with Crippen molar-refractivity contribution in [1.29, 1.82) is 0 Å². The van der Waals surface area contributed by atoms with E-state index in [0.29, 0.717) is 18.0 Å². The number of nitrogens with one attached hydrogen (secondary N) is 1. The average molecular weight is 320 g/mol. The Labute approximate surface area is 126 Å². The lowest BCUT2D eigenvalue weighted by Gasteiger charge is -2.29. The summed E-state index contributed by atoms with van der Waals surface area (Å²) in [7, 11) is -3.68. The van der Waals surface area contributed by atoms with Crippen LogP contribution in [0.3, 0.4) is 0 Å². The number of halogens is 1. The van der Waals surface area contributed by atoms with Gasteiger partial charge in [0.2, 0.25) is 10.0 Å². The van der Waals surface area contributed by atoms with Gasteiger partial charge < -0.3 is 5.11 Å². The summed E-state index contributed by atoms with van der Waals surface area (Å²) in [6.07, 6.45) is 0. The first kappa shape index (κ1) is 17.4. The van der Waals surface area contributed by atoms with Crippen molar-refractivity contribution in [3.8, 4) is 0 Å². The number of benzene rings is 1. The Hall–Kier alpha value is -0.620. The number of hydrogen-bond acceptors (Lipinski definition) is 3. The minimum absolute atomic E-state index is 0.00488. The lowest BCUT2D eigenvalue weighted by molar-refractivity contribution is 0.252. The molecule has 0 atom stereocenters. The molecule has 0 spiro atoms. The molecular weight excluding hydrogens is 298 g/mol. The number of aliphatic hydroxyl groups is 1. The summed E-state index contributed by atoms with van der Waals surface area (Å²) < 4.78 is 27.2. The van der Waals surface area contributed by atoms with Crippen LogP contribution in [0.1, 0.15) is 33.3 Å². The fourth-order valence-corrected chi connectivity index (χ4v) is 3.19. The first-order valence-corrected chi connectivity index (χ1v) is 8.35. The van der Waals surface area contributed by atoms with Crippen molar-refractivity contribution in [2.45, 2.75) is 39.2 Å². The third-order valence-corrected chi connectivity index (χ3v) is 5.63. The van der Waals surface area contributed by atoms with Crippen molar-refractivity contribution in [3.05, 3.63) is 28.8 Å². The van der Waals surface area contributed by atoms with Crippen LogP contribution in [0.25, 0.3) is 0 Å². The van der Waals surface area contributed by atoms with Gasteiger partial charge in [0.15, 0.2) is 0 Å². The van der Waals surface area contributed by atoms with Gasteiger partial charge in [0, 0.05) is 6.54 Å². The zero-order valence-corrected chi connectivity index (χ0v) is 13.8.